The molecule has 0 aliphatic carbocycles. The molecule has 16 heavy (non-hydrogen) atoms. The standard InChI is InChI=1S/C14H21NS/c1-4-12-8-16-9-14(15-12)13-6-5-10(2)7-11(13)3/h5-7,12,14-15H,4,8-9H2,1-3H3. The molecule has 1 saturated heterocycles. The highest BCUT2D eigenvalue weighted by Crippen LogP contribution is 2.27. The van der Waals surface area contributed by atoms with Crippen LogP contribution in [0.1, 0.15) is 36.1 Å². The molecule has 0 saturated carbocycles. The molecule has 0 aromatic heterocycles. The second-order valence-corrected chi connectivity index (χ2v) is 5.80. The fourth-order valence-electron chi connectivity index (χ4n) is 2.34. The smallest absolute Gasteiger partial charge is 0.0416 e. The van der Waals surface area contributed by atoms with Gasteiger partial charge in [-0.05, 0) is 31.4 Å². The molecule has 1 heterocycles. The van der Waals surface area contributed by atoms with Gasteiger partial charge in [0, 0.05) is 23.6 Å². The van der Waals surface area contributed by atoms with Crippen molar-refractivity contribution in [3.8, 4) is 0 Å². The van der Waals surface area contributed by atoms with Crippen LogP contribution < -0.4 is 5.32 Å². The first kappa shape index (κ1) is 12.0. The van der Waals surface area contributed by atoms with Crippen molar-refractivity contribution in [2.45, 2.75) is 39.3 Å². The van der Waals surface area contributed by atoms with Gasteiger partial charge in [-0.25, -0.2) is 0 Å². The Morgan fingerprint density at radius 3 is 2.81 bits per heavy atom. The second-order valence-electron chi connectivity index (χ2n) is 4.72. The summed E-state index contributed by atoms with van der Waals surface area (Å²) in [6.45, 7) is 6.65. The topological polar surface area (TPSA) is 12.0 Å². The molecule has 2 heteroatoms. The van der Waals surface area contributed by atoms with Crippen LogP contribution in [0.5, 0.6) is 0 Å². The lowest BCUT2D eigenvalue weighted by Gasteiger charge is -2.31. The zero-order valence-corrected chi connectivity index (χ0v) is 11.2. The Kier molecular flexibility index (Phi) is 3.93. The largest absolute Gasteiger partial charge is 0.306 e. The van der Waals surface area contributed by atoms with E-state index >= 15 is 0 Å². The SMILES string of the molecule is CCC1CSCC(c2ccc(C)cc2C)N1. The van der Waals surface area contributed by atoms with Crippen molar-refractivity contribution in [1.82, 2.24) is 5.32 Å². The van der Waals surface area contributed by atoms with Crippen LogP contribution in [0.15, 0.2) is 18.2 Å². The summed E-state index contributed by atoms with van der Waals surface area (Å²) in [5.41, 5.74) is 4.27. The molecule has 2 rings (SSSR count). The second kappa shape index (κ2) is 5.24. The van der Waals surface area contributed by atoms with E-state index in [1.165, 1.54) is 34.6 Å². The maximum absolute atomic E-state index is 3.76. The summed E-state index contributed by atoms with van der Waals surface area (Å²) in [6.07, 6.45) is 1.23. The first-order valence-corrected chi connectivity index (χ1v) is 7.27. The minimum Gasteiger partial charge on any atom is -0.306 e. The molecule has 2 unspecified atom stereocenters. The van der Waals surface area contributed by atoms with Crippen molar-refractivity contribution < 1.29 is 0 Å². The monoisotopic (exact) mass is 235 g/mol. The Morgan fingerprint density at radius 2 is 2.12 bits per heavy atom. The Bertz CT molecular complexity index is 362. The van der Waals surface area contributed by atoms with E-state index in [2.05, 4.69) is 56.0 Å². The average molecular weight is 235 g/mol. The summed E-state index contributed by atoms with van der Waals surface area (Å²) in [6, 6.07) is 8.04. The van der Waals surface area contributed by atoms with E-state index in [1.54, 1.807) is 0 Å². The zero-order valence-electron chi connectivity index (χ0n) is 10.4. The summed E-state index contributed by atoms with van der Waals surface area (Å²) >= 11 is 2.08. The molecule has 0 bridgehead atoms. The van der Waals surface area contributed by atoms with E-state index in [0.717, 1.165) is 0 Å². The van der Waals surface area contributed by atoms with Crippen LogP contribution in [0, 0.1) is 13.8 Å². The minimum absolute atomic E-state index is 0.546. The van der Waals surface area contributed by atoms with Crippen LogP contribution in [0.2, 0.25) is 0 Å². The number of thioether (sulfide) groups is 1. The van der Waals surface area contributed by atoms with Gasteiger partial charge < -0.3 is 5.32 Å². The summed E-state index contributed by atoms with van der Waals surface area (Å²) in [5, 5.41) is 3.76. The first-order valence-electron chi connectivity index (χ1n) is 6.11. The Labute approximate surface area is 103 Å². The van der Waals surface area contributed by atoms with Gasteiger partial charge in [0.05, 0.1) is 0 Å². The van der Waals surface area contributed by atoms with Gasteiger partial charge in [0.2, 0.25) is 0 Å². The maximum Gasteiger partial charge on any atom is 0.0416 e. The van der Waals surface area contributed by atoms with Crippen molar-refractivity contribution in [1.29, 1.82) is 0 Å². The van der Waals surface area contributed by atoms with Gasteiger partial charge in [-0.15, -0.1) is 0 Å². The molecular formula is C14H21NS. The van der Waals surface area contributed by atoms with E-state index in [9.17, 15) is 0 Å². The number of aryl methyl sites for hydroxylation is 2. The van der Waals surface area contributed by atoms with E-state index in [4.69, 9.17) is 0 Å². The molecule has 1 aliphatic heterocycles. The van der Waals surface area contributed by atoms with Crippen LogP contribution >= 0.6 is 11.8 Å². The van der Waals surface area contributed by atoms with E-state index in [-0.39, 0.29) is 0 Å². The molecule has 1 fully saturated rings. The Balaban J connectivity index is 2.16. The number of nitrogens with one attached hydrogen (secondary N) is 1. The molecular weight excluding hydrogens is 214 g/mol. The lowest BCUT2D eigenvalue weighted by Crippen LogP contribution is -2.39. The highest BCUT2D eigenvalue weighted by atomic mass is 32.2. The Morgan fingerprint density at radius 1 is 1.31 bits per heavy atom. The minimum atomic E-state index is 0.546. The van der Waals surface area contributed by atoms with Crippen molar-refractivity contribution in [3.05, 3.63) is 34.9 Å². The van der Waals surface area contributed by atoms with Crippen LogP contribution in [0.25, 0.3) is 0 Å². The molecule has 0 spiro atoms. The van der Waals surface area contributed by atoms with Crippen molar-refractivity contribution >= 4 is 11.8 Å². The molecule has 1 nitrogen and oxygen atoms in total. The van der Waals surface area contributed by atoms with Crippen molar-refractivity contribution in [2.75, 3.05) is 11.5 Å². The zero-order chi connectivity index (χ0) is 11.5. The van der Waals surface area contributed by atoms with E-state index < -0.39 is 0 Å². The lowest BCUT2D eigenvalue weighted by molar-refractivity contribution is 0.465. The van der Waals surface area contributed by atoms with Gasteiger partial charge in [-0.1, -0.05) is 30.7 Å². The number of hydrogen-bond donors (Lipinski definition) is 1. The third-order valence-electron chi connectivity index (χ3n) is 3.33. The molecule has 1 aromatic carbocycles. The van der Waals surface area contributed by atoms with Gasteiger partial charge in [-0.3, -0.25) is 0 Å². The highest BCUT2D eigenvalue weighted by molar-refractivity contribution is 7.99. The first-order chi connectivity index (χ1) is 7.70. The fraction of sp³-hybridized carbons (Fsp3) is 0.571. The summed E-state index contributed by atoms with van der Waals surface area (Å²) in [4.78, 5) is 0. The normalized spacial score (nSPS) is 25.7. The molecule has 0 amide bonds. The van der Waals surface area contributed by atoms with Crippen molar-refractivity contribution in [3.63, 3.8) is 0 Å². The predicted molar refractivity (Wildman–Crippen MR) is 73.2 cm³/mol. The summed E-state index contributed by atoms with van der Waals surface area (Å²) in [5.74, 6) is 2.47. The van der Waals surface area contributed by atoms with Crippen LogP contribution in [-0.4, -0.2) is 17.5 Å². The number of hydrogen-bond acceptors (Lipinski definition) is 2. The van der Waals surface area contributed by atoms with Crippen LogP contribution in [0.3, 0.4) is 0 Å². The summed E-state index contributed by atoms with van der Waals surface area (Å²) < 4.78 is 0. The lowest BCUT2D eigenvalue weighted by atomic mass is 9.99. The van der Waals surface area contributed by atoms with Gasteiger partial charge in [0.25, 0.3) is 0 Å². The molecule has 1 aliphatic rings. The van der Waals surface area contributed by atoms with Gasteiger partial charge >= 0.3 is 0 Å². The summed E-state index contributed by atoms with van der Waals surface area (Å²) in [7, 11) is 0. The van der Waals surface area contributed by atoms with Gasteiger partial charge in [-0.2, -0.15) is 11.8 Å². The van der Waals surface area contributed by atoms with Crippen LogP contribution in [0.4, 0.5) is 0 Å². The highest BCUT2D eigenvalue weighted by Gasteiger charge is 2.22. The molecule has 1 aromatic rings. The quantitative estimate of drug-likeness (QED) is 0.842. The maximum atomic E-state index is 3.76. The van der Waals surface area contributed by atoms with Crippen LogP contribution in [-0.2, 0) is 0 Å². The van der Waals surface area contributed by atoms with Gasteiger partial charge in [0.15, 0.2) is 0 Å². The molecule has 88 valence electrons. The number of rotatable bonds is 2. The molecule has 0 radical (unpaired) electrons. The van der Waals surface area contributed by atoms with E-state index in [1.807, 2.05) is 0 Å². The molecule has 1 N–H and O–H groups in total. The average Bonchev–Trinajstić information content (AvgIpc) is 2.29. The third kappa shape index (κ3) is 2.61. The fourth-order valence-corrected chi connectivity index (χ4v) is 3.60. The predicted octanol–water partition coefficient (Wildman–Crippen LogP) is 3.46. The van der Waals surface area contributed by atoms with Crippen molar-refractivity contribution in [2.24, 2.45) is 0 Å². The van der Waals surface area contributed by atoms with Gasteiger partial charge in [0.1, 0.15) is 0 Å². The Hall–Kier alpha value is -0.470. The third-order valence-corrected chi connectivity index (χ3v) is 4.54. The molecule has 2 atom stereocenters. The number of benzene rings is 1. The van der Waals surface area contributed by atoms with E-state index in [0.29, 0.717) is 12.1 Å².